The number of para-hydroxylation sites is 1. The van der Waals surface area contributed by atoms with Crippen molar-refractivity contribution in [1.29, 1.82) is 0 Å². The van der Waals surface area contributed by atoms with Gasteiger partial charge >= 0.3 is 0 Å². The van der Waals surface area contributed by atoms with E-state index in [-0.39, 0.29) is 12.9 Å². The van der Waals surface area contributed by atoms with E-state index in [0.29, 0.717) is 11.3 Å². The van der Waals surface area contributed by atoms with Crippen molar-refractivity contribution in [3.8, 4) is 5.75 Å². The van der Waals surface area contributed by atoms with Gasteiger partial charge in [0.05, 0.1) is 52.9 Å². The molecule has 0 aliphatic carbocycles. The highest BCUT2D eigenvalue weighted by Gasteiger charge is 2.59. The van der Waals surface area contributed by atoms with Crippen LogP contribution in [0.5, 0.6) is 5.75 Å². The number of carbonyl (C=O) groups excluding carboxylic acids is 1. The van der Waals surface area contributed by atoms with E-state index in [4.69, 9.17) is 78.7 Å². The molecule has 1 aromatic rings. The number of hydrogen-bond acceptors (Lipinski definition) is 34. The standard InChI is InChI=1S/C13H18O7.2C12H22O11.C5H10O5/c14-5-7-3-1-2-4-8(7)19-13-12(18)11(17)10(16)9(6-15)20-13;13-1-5-7(17)8(18)9(19)11(22-5)23-10-6(16)4(15)2-21-12(10,20)3-14;13-1-4-6(16)8(18)9(19)11(21-4)23-12(3-15)10(20)7(17)5(2-14)22-12;6-1-3(8)5(10)4(9)2-7/h1-4,9-18H,5-6H2;2*4-11,13-20H,1-3H2;1,3-5,7-10H,2H2/t9-,10-,11+,12-,13-;2*4-,5-,6-,7-,8+,9-,10+,11-,12+;3-,4+,5-/m1110/s1. The average molecular weight is 1120 g/mol. The van der Waals surface area contributed by atoms with E-state index in [2.05, 4.69) is 0 Å². The van der Waals surface area contributed by atoms with E-state index in [1.54, 1.807) is 24.3 Å². The van der Waals surface area contributed by atoms with Crippen LogP contribution in [0.15, 0.2) is 24.3 Å². The molecule has 5 fully saturated rings. The molecule has 25 N–H and O–H groups in total. The first-order chi connectivity index (χ1) is 35.8. The van der Waals surface area contributed by atoms with Crippen molar-refractivity contribution < 1.29 is 170 Å². The normalized spacial score (nSPS) is 42.6. The second-order valence-electron chi connectivity index (χ2n) is 17.6. The minimum absolute atomic E-state index is 0.0869. The van der Waals surface area contributed by atoms with Crippen LogP contribution in [0.25, 0.3) is 0 Å². The summed E-state index contributed by atoms with van der Waals surface area (Å²) < 4.78 is 41.2. The Labute approximate surface area is 429 Å². The number of aldehydes is 1. The molecule has 0 saturated carbocycles. The van der Waals surface area contributed by atoms with Crippen molar-refractivity contribution in [3.63, 3.8) is 0 Å². The summed E-state index contributed by atoms with van der Waals surface area (Å²) in [6.07, 6.45) is -36.8. The fourth-order valence-electron chi connectivity index (χ4n) is 7.61. The molecule has 444 valence electrons. The Balaban J connectivity index is 0.000000276. The lowest BCUT2D eigenvalue weighted by molar-refractivity contribution is -0.387. The van der Waals surface area contributed by atoms with Crippen molar-refractivity contribution >= 4 is 6.29 Å². The molecule has 34 heteroatoms. The molecule has 0 spiro atoms. The van der Waals surface area contributed by atoms with Gasteiger partial charge in [-0.3, -0.25) is 0 Å². The van der Waals surface area contributed by atoms with Crippen molar-refractivity contribution in [2.24, 2.45) is 0 Å². The van der Waals surface area contributed by atoms with Crippen LogP contribution in [0.4, 0.5) is 0 Å². The number of rotatable bonds is 17. The van der Waals surface area contributed by atoms with E-state index in [0.717, 1.165) is 0 Å². The minimum Gasteiger partial charge on any atom is -0.462 e. The molecule has 5 aliphatic heterocycles. The number of carbonyl (C=O) groups is 1. The van der Waals surface area contributed by atoms with Crippen LogP contribution >= 0.6 is 0 Å². The average Bonchev–Trinajstić information content (AvgIpc) is 3.67. The first-order valence-corrected chi connectivity index (χ1v) is 23.1. The molecule has 0 radical (unpaired) electrons. The summed E-state index contributed by atoms with van der Waals surface area (Å²) in [6, 6.07) is 6.61. The third-order valence-corrected chi connectivity index (χ3v) is 12.4. The molecule has 5 aliphatic rings. The Bertz CT molecular complexity index is 1810. The molecule has 0 bridgehead atoms. The smallest absolute Gasteiger partial charge is 0.229 e. The maximum Gasteiger partial charge on any atom is 0.229 e. The molecule has 5 saturated heterocycles. The van der Waals surface area contributed by atoms with Crippen molar-refractivity contribution in [2.45, 2.75) is 165 Å². The highest BCUT2D eigenvalue weighted by Crippen LogP contribution is 2.36. The third-order valence-electron chi connectivity index (χ3n) is 12.4. The summed E-state index contributed by atoms with van der Waals surface area (Å²) in [5.41, 5.74) is 0.490. The highest BCUT2D eigenvalue weighted by molar-refractivity contribution is 5.56. The minimum atomic E-state index is -2.38. The molecule has 0 amide bonds. The zero-order chi connectivity index (χ0) is 57.6. The van der Waals surface area contributed by atoms with Crippen molar-refractivity contribution in [1.82, 2.24) is 0 Å². The lowest BCUT2D eigenvalue weighted by Crippen LogP contribution is -2.67. The van der Waals surface area contributed by atoms with Gasteiger partial charge in [0.1, 0.15) is 141 Å². The summed E-state index contributed by atoms with van der Waals surface area (Å²) in [5.74, 6) is -4.31. The zero-order valence-electron chi connectivity index (χ0n) is 40.0. The van der Waals surface area contributed by atoms with E-state index in [1.807, 2.05) is 0 Å². The Morgan fingerprint density at radius 2 is 1.05 bits per heavy atom. The summed E-state index contributed by atoms with van der Waals surface area (Å²) in [6.45, 7) is -5.93. The Morgan fingerprint density at radius 3 is 1.50 bits per heavy atom. The van der Waals surface area contributed by atoms with Gasteiger partial charge in [-0.2, -0.15) is 0 Å². The Kier molecular flexibility index (Phi) is 27.5. The van der Waals surface area contributed by atoms with E-state index in [1.165, 1.54) is 0 Å². The van der Waals surface area contributed by atoms with Gasteiger partial charge in [-0.25, -0.2) is 0 Å². The number of ether oxygens (including phenoxy) is 8. The monoisotopic (exact) mass is 1120 g/mol. The molecule has 76 heavy (non-hydrogen) atoms. The quantitative estimate of drug-likeness (QED) is 0.0644. The van der Waals surface area contributed by atoms with Gasteiger partial charge in [0.25, 0.3) is 0 Å². The van der Waals surface area contributed by atoms with Gasteiger partial charge in [-0.1, -0.05) is 18.2 Å². The predicted octanol–water partition coefficient (Wildman–Crippen LogP) is -15.2. The molecular weight excluding hydrogens is 1050 g/mol. The van der Waals surface area contributed by atoms with Gasteiger partial charge in [0.15, 0.2) is 18.9 Å². The Morgan fingerprint density at radius 1 is 0.579 bits per heavy atom. The summed E-state index contributed by atoms with van der Waals surface area (Å²) in [4.78, 5) is 9.76. The molecule has 0 aromatic heterocycles. The predicted molar refractivity (Wildman–Crippen MR) is 235 cm³/mol. The second-order valence-corrected chi connectivity index (χ2v) is 17.6. The van der Waals surface area contributed by atoms with Crippen LogP contribution in [0.3, 0.4) is 0 Å². The lowest BCUT2D eigenvalue weighted by Gasteiger charge is -2.47. The lowest BCUT2D eigenvalue weighted by atomic mass is 9.96. The molecule has 6 rings (SSSR count). The fourth-order valence-corrected chi connectivity index (χ4v) is 7.61. The summed E-state index contributed by atoms with van der Waals surface area (Å²) in [5, 5.41) is 235. The molecular formula is C42H72O34. The van der Waals surface area contributed by atoms with Crippen LogP contribution in [0.1, 0.15) is 5.56 Å². The molecule has 26 atom stereocenters. The van der Waals surface area contributed by atoms with Crippen LogP contribution < -0.4 is 4.74 Å². The summed E-state index contributed by atoms with van der Waals surface area (Å²) >= 11 is 0. The number of aliphatic hydroxyl groups is 25. The Hall–Kier alpha value is -2.59. The first kappa shape index (κ1) is 67.7. The molecule has 1 aromatic carbocycles. The number of hydrogen-bond donors (Lipinski definition) is 25. The molecule has 0 unspecified atom stereocenters. The maximum atomic E-state index is 10.1. The SMILES string of the molecule is O=C[C@H](O)[C@H](O)[C@H](O)CO.OC[C@H]1O[C@@](CO)(O[C@H]2O[C@H](CO)[C@@H](O)[C@H](O)[C@H]2O)[C@@H](O)[C@@H]1O.OC[C@H]1O[C@H](O[C@H]2[C@H](O)[C@H](O)CO[C@@]2(O)CO)[C@H](O)[C@@H](O)[C@@H]1O.OCc1ccccc1O[C@@H]1O[C@H](CO)[C@@H](O)[C@H](O)[C@H]1O. The summed E-state index contributed by atoms with van der Waals surface area (Å²) in [7, 11) is 0. The maximum absolute atomic E-state index is 10.1. The van der Waals surface area contributed by atoms with Crippen LogP contribution in [0.2, 0.25) is 0 Å². The van der Waals surface area contributed by atoms with Crippen molar-refractivity contribution in [3.05, 3.63) is 29.8 Å². The van der Waals surface area contributed by atoms with Gasteiger partial charge < -0.3 is 170 Å². The van der Waals surface area contributed by atoms with Gasteiger partial charge in [0.2, 0.25) is 17.9 Å². The zero-order valence-corrected chi connectivity index (χ0v) is 40.0. The first-order valence-electron chi connectivity index (χ1n) is 23.1. The van der Waals surface area contributed by atoms with E-state index in [9.17, 15) is 91.6 Å². The largest absolute Gasteiger partial charge is 0.462 e. The number of benzene rings is 1. The fraction of sp³-hybridized carbons (Fsp3) is 0.833. The highest BCUT2D eigenvalue weighted by atomic mass is 16.8. The van der Waals surface area contributed by atoms with Crippen LogP contribution in [0, 0.1) is 0 Å². The van der Waals surface area contributed by atoms with E-state index < -0.39 is 211 Å². The van der Waals surface area contributed by atoms with Gasteiger partial charge in [-0.05, 0) is 6.07 Å². The third kappa shape index (κ3) is 16.1. The van der Waals surface area contributed by atoms with Gasteiger partial charge in [0, 0.05) is 5.56 Å². The van der Waals surface area contributed by atoms with Crippen LogP contribution in [-0.2, 0) is 44.6 Å². The molecule has 34 nitrogen and oxygen atoms in total. The van der Waals surface area contributed by atoms with Gasteiger partial charge in [-0.15, -0.1) is 0 Å². The topological polar surface area (TPSA) is 597 Å². The molecule has 5 heterocycles. The van der Waals surface area contributed by atoms with Crippen molar-refractivity contribution in [2.75, 3.05) is 52.9 Å². The second kappa shape index (κ2) is 30.8. The van der Waals surface area contributed by atoms with E-state index >= 15 is 0 Å². The van der Waals surface area contributed by atoms with Crippen LogP contribution in [-0.4, -0.2) is 345 Å². The number of aliphatic hydroxyl groups excluding tert-OH is 24.